The molecule has 0 aliphatic carbocycles. The van der Waals surface area contributed by atoms with Gasteiger partial charge in [0.25, 0.3) is 0 Å². The molecule has 36 heavy (non-hydrogen) atoms. The Labute approximate surface area is 218 Å². The molecule has 1 amide bonds. The second-order valence-electron chi connectivity index (χ2n) is 9.06. The summed E-state index contributed by atoms with van der Waals surface area (Å²) in [6.45, 7) is 6.94. The van der Waals surface area contributed by atoms with Gasteiger partial charge in [0, 0.05) is 18.3 Å². The van der Waals surface area contributed by atoms with Crippen molar-refractivity contribution in [3.63, 3.8) is 0 Å². The molecule has 1 aliphatic heterocycles. The Morgan fingerprint density at radius 3 is 1.94 bits per heavy atom. The third-order valence-electron chi connectivity index (χ3n) is 6.55. The zero-order chi connectivity index (χ0) is 25.4. The van der Waals surface area contributed by atoms with Crippen LogP contribution in [0.15, 0.2) is 115 Å². The van der Waals surface area contributed by atoms with Gasteiger partial charge in [0.15, 0.2) is 0 Å². The van der Waals surface area contributed by atoms with Crippen LogP contribution < -0.4 is 5.73 Å². The molecule has 0 saturated carbocycles. The third kappa shape index (κ3) is 5.58. The summed E-state index contributed by atoms with van der Waals surface area (Å²) in [4.78, 5) is 14.8. The molecular formula is C31H34N2O2S. The van der Waals surface area contributed by atoms with Crippen LogP contribution in [0.1, 0.15) is 30.0 Å². The summed E-state index contributed by atoms with van der Waals surface area (Å²) >= 11 is 1.91. The van der Waals surface area contributed by atoms with E-state index in [0.29, 0.717) is 13.1 Å². The molecule has 3 aromatic carbocycles. The Balaban J connectivity index is 1.78. The minimum Gasteiger partial charge on any atom is -0.445 e. The topological polar surface area (TPSA) is 55.6 Å². The molecule has 2 atom stereocenters. The molecule has 186 valence electrons. The Morgan fingerprint density at radius 1 is 1.00 bits per heavy atom. The van der Waals surface area contributed by atoms with Crippen molar-refractivity contribution in [2.75, 3.05) is 19.7 Å². The molecule has 0 aromatic heterocycles. The van der Waals surface area contributed by atoms with E-state index in [9.17, 15) is 4.79 Å². The van der Waals surface area contributed by atoms with Gasteiger partial charge in [0.05, 0.1) is 10.8 Å². The third-order valence-corrected chi connectivity index (χ3v) is 8.28. The highest BCUT2D eigenvalue weighted by Gasteiger charge is 2.44. The van der Waals surface area contributed by atoms with Crippen LogP contribution in [0.4, 0.5) is 4.79 Å². The van der Waals surface area contributed by atoms with Crippen molar-refractivity contribution in [2.24, 2.45) is 5.73 Å². The van der Waals surface area contributed by atoms with Gasteiger partial charge in [-0.2, -0.15) is 0 Å². The maximum Gasteiger partial charge on any atom is 0.410 e. The first-order chi connectivity index (χ1) is 17.6. The normalized spacial score (nSPS) is 18.2. The van der Waals surface area contributed by atoms with E-state index in [-0.39, 0.29) is 24.0 Å². The van der Waals surface area contributed by atoms with Crippen molar-refractivity contribution < 1.29 is 9.53 Å². The molecule has 1 fully saturated rings. The highest BCUT2D eigenvalue weighted by Crippen LogP contribution is 2.52. The zero-order valence-electron chi connectivity index (χ0n) is 20.8. The van der Waals surface area contributed by atoms with Crippen LogP contribution in [0, 0.1) is 0 Å². The summed E-state index contributed by atoms with van der Waals surface area (Å²) in [5.41, 5.74) is 10.6. The molecule has 4 rings (SSSR count). The number of ether oxygens (including phenoxy) is 1. The lowest BCUT2D eigenvalue weighted by atomic mass is 9.84. The zero-order valence-corrected chi connectivity index (χ0v) is 21.6. The van der Waals surface area contributed by atoms with E-state index in [1.54, 1.807) is 6.08 Å². The smallest absolute Gasteiger partial charge is 0.410 e. The number of thioether (sulfide) groups is 1. The number of carbonyl (C=O) groups is 1. The molecule has 2 N–H and O–H groups in total. The maximum atomic E-state index is 13.0. The molecule has 5 heteroatoms. The number of nitrogens with zero attached hydrogens (tertiary/aromatic N) is 1. The second-order valence-corrected chi connectivity index (χ2v) is 10.6. The fraction of sp³-hybridized carbons (Fsp3) is 0.258. The van der Waals surface area contributed by atoms with Crippen LogP contribution in [-0.4, -0.2) is 42.0 Å². The summed E-state index contributed by atoms with van der Waals surface area (Å²) in [5.74, 6) is 0. The van der Waals surface area contributed by atoms with Crippen molar-refractivity contribution in [3.8, 4) is 0 Å². The number of rotatable bonds is 9. The highest BCUT2D eigenvalue weighted by molar-refractivity contribution is 8.01. The number of hydrogen-bond donors (Lipinski definition) is 1. The van der Waals surface area contributed by atoms with Crippen LogP contribution in [0.5, 0.6) is 0 Å². The summed E-state index contributed by atoms with van der Waals surface area (Å²) in [7, 11) is 0. The fourth-order valence-corrected chi connectivity index (χ4v) is 6.71. The van der Waals surface area contributed by atoms with Gasteiger partial charge in [0.2, 0.25) is 0 Å². The fourth-order valence-electron chi connectivity index (χ4n) is 4.86. The van der Waals surface area contributed by atoms with Gasteiger partial charge in [-0.05, 0) is 30.0 Å². The van der Waals surface area contributed by atoms with Crippen LogP contribution in [0.25, 0.3) is 0 Å². The van der Waals surface area contributed by atoms with E-state index in [1.165, 1.54) is 16.7 Å². The maximum absolute atomic E-state index is 13.0. The van der Waals surface area contributed by atoms with Crippen molar-refractivity contribution in [1.82, 2.24) is 4.90 Å². The average molecular weight is 499 g/mol. The van der Waals surface area contributed by atoms with Crippen molar-refractivity contribution >= 4 is 17.9 Å². The summed E-state index contributed by atoms with van der Waals surface area (Å²) in [5, 5.41) is 0.175. The molecule has 1 heterocycles. The van der Waals surface area contributed by atoms with E-state index in [1.807, 2.05) is 23.6 Å². The molecular weight excluding hydrogens is 464 g/mol. The quantitative estimate of drug-likeness (QED) is 0.275. The monoisotopic (exact) mass is 498 g/mol. The van der Waals surface area contributed by atoms with Gasteiger partial charge >= 0.3 is 6.09 Å². The van der Waals surface area contributed by atoms with Crippen LogP contribution in [0.3, 0.4) is 0 Å². The average Bonchev–Trinajstić information content (AvgIpc) is 3.33. The predicted octanol–water partition coefficient (Wildman–Crippen LogP) is 6.38. The van der Waals surface area contributed by atoms with E-state index in [2.05, 4.69) is 104 Å². The summed E-state index contributed by atoms with van der Waals surface area (Å²) < 4.78 is 5.01. The molecule has 0 bridgehead atoms. The first-order valence-corrected chi connectivity index (χ1v) is 13.2. The van der Waals surface area contributed by atoms with Crippen molar-refractivity contribution in [2.45, 2.75) is 29.4 Å². The number of nitrogens with two attached hydrogens (primary N) is 1. The number of likely N-dealkylation sites (tertiary alicyclic amines) is 1. The van der Waals surface area contributed by atoms with Gasteiger partial charge < -0.3 is 15.4 Å². The lowest BCUT2D eigenvalue weighted by Gasteiger charge is -2.37. The summed E-state index contributed by atoms with van der Waals surface area (Å²) in [6.07, 6.45) is 4.22. The Hall–Kier alpha value is -3.28. The first-order valence-electron chi connectivity index (χ1n) is 12.3. The van der Waals surface area contributed by atoms with Crippen LogP contribution in [0.2, 0.25) is 0 Å². The highest BCUT2D eigenvalue weighted by atomic mass is 32.2. The standard InChI is InChI=1S/C31H34N2O2S/c1-3-19-35-30(34)33-23-29(21-28(33)20-24(2)22-32)36-31(25-13-7-4-8-14-25,26-15-9-5-10-16-26)27-17-11-6-12-18-27/h3-18,20,28-29H,1,19,21-23,32H2,2H3/b24-20+/t28-,29+/m1/s1. The lowest BCUT2D eigenvalue weighted by molar-refractivity contribution is 0.114. The molecule has 1 saturated heterocycles. The van der Waals surface area contributed by atoms with Gasteiger partial charge in [-0.3, -0.25) is 0 Å². The largest absolute Gasteiger partial charge is 0.445 e. The van der Waals surface area contributed by atoms with Gasteiger partial charge in [0.1, 0.15) is 6.61 Å². The SMILES string of the molecule is C=CCOC(=O)N1C[C@@H](SC(c2ccccc2)(c2ccccc2)c2ccccc2)C[C@H]1/C=C(\C)CN. The second kappa shape index (κ2) is 12.1. The number of hydrogen-bond acceptors (Lipinski definition) is 4. The molecule has 4 nitrogen and oxygen atoms in total. The number of benzene rings is 3. The molecule has 1 aliphatic rings. The van der Waals surface area contributed by atoms with Crippen LogP contribution >= 0.6 is 11.8 Å². The number of carbonyl (C=O) groups excluding carboxylic acids is 1. The van der Waals surface area contributed by atoms with E-state index in [4.69, 9.17) is 10.5 Å². The van der Waals surface area contributed by atoms with Crippen molar-refractivity contribution in [1.29, 1.82) is 0 Å². The Kier molecular flexibility index (Phi) is 8.68. The van der Waals surface area contributed by atoms with Crippen molar-refractivity contribution in [3.05, 3.63) is 132 Å². The Bertz CT molecular complexity index is 1070. The molecule has 3 aromatic rings. The molecule has 0 spiro atoms. The van der Waals surface area contributed by atoms with E-state index < -0.39 is 4.75 Å². The van der Waals surface area contributed by atoms with Gasteiger partial charge in [-0.15, -0.1) is 11.8 Å². The summed E-state index contributed by atoms with van der Waals surface area (Å²) in [6, 6.07) is 31.9. The minimum atomic E-state index is -0.438. The number of amides is 1. The van der Waals surface area contributed by atoms with E-state index in [0.717, 1.165) is 12.0 Å². The predicted molar refractivity (Wildman–Crippen MR) is 150 cm³/mol. The van der Waals surface area contributed by atoms with Gasteiger partial charge in [-0.25, -0.2) is 4.79 Å². The Morgan fingerprint density at radius 2 is 1.50 bits per heavy atom. The minimum absolute atomic E-state index is 0.0663. The molecule has 0 radical (unpaired) electrons. The van der Waals surface area contributed by atoms with Crippen LogP contribution in [-0.2, 0) is 9.48 Å². The van der Waals surface area contributed by atoms with Gasteiger partial charge in [-0.1, -0.05) is 115 Å². The first kappa shape index (κ1) is 25.8. The lowest BCUT2D eigenvalue weighted by Crippen LogP contribution is -2.36. The van der Waals surface area contributed by atoms with E-state index >= 15 is 0 Å². The molecule has 0 unspecified atom stereocenters.